The Hall–Kier alpha value is -1.50. The number of nitrogens with zero attached hydrogens (tertiary/aromatic N) is 1. The van der Waals surface area contributed by atoms with Crippen LogP contribution < -0.4 is 11.1 Å². The number of carbonyl (C=O) groups excluding carboxylic acids is 1. The maximum Gasteiger partial charge on any atom is 0.222 e. The van der Waals surface area contributed by atoms with Crippen LogP contribution in [0.3, 0.4) is 0 Å². The molecule has 1 aromatic carbocycles. The predicted molar refractivity (Wildman–Crippen MR) is 80.3 cm³/mol. The summed E-state index contributed by atoms with van der Waals surface area (Å²) in [5.41, 5.74) is 6.31. The Morgan fingerprint density at radius 2 is 2.19 bits per heavy atom. The molecule has 21 heavy (non-hydrogen) atoms. The van der Waals surface area contributed by atoms with E-state index in [2.05, 4.69) is 5.32 Å². The van der Waals surface area contributed by atoms with E-state index in [0.29, 0.717) is 13.1 Å². The van der Waals surface area contributed by atoms with Gasteiger partial charge in [-0.25, -0.2) is 4.39 Å². The Morgan fingerprint density at radius 3 is 2.71 bits per heavy atom. The second kappa shape index (κ2) is 8.71. The van der Waals surface area contributed by atoms with Crippen molar-refractivity contribution in [3.63, 3.8) is 0 Å². The van der Waals surface area contributed by atoms with Crippen LogP contribution in [-0.2, 0) is 9.53 Å². The Balaban J connectivity index is 2.62. The fourth-order valence-corrected chi connectivity index (χ4v) is 2.06. The van der Waals surface area contributed by atoms with Crippen molar-refractivity contribution in [2.24, 2.45) is 5.73 Å². The molecule has 0 saturated heterocycles. The average molecular weight is 297 g/mol. The highest BCUT2D eigenvalue weighted by Crippen LogP contribution is 2.18. The van der Waals surface area contributed by atoms with Crippen LogP contribution in [0, 0.1) is 5.82 Å². The van der Waals surface area contributed by atoms with Gasteiger partial charge in [-0.15, -0.1) is 0 Å². The Kier molecular flexibility index (Phi) is 7.28. The lowest BCUT2D eigenvalue weighted by molar-refractivity contribution is -0.123. The fourth-order valence-electron chi connectivity index (χ4n) is 2.06. The topological polar surface area (TPSA) is 67.6 Å². The first-order valence-corrected chi connectivity index (χ1v) is 6.89. The zero-order valence-corrected chi connectivity index (χ0v) is 12.8. The molecule has 0 aromatic heterocycles. The maximum absolute atomic E-state index is 13.3. The van der Waals surface area contributed by atoms with Crippen LogP contribution in [0.4, 0.5) is 4.39 Å². The van der Waals surface area contributed by atoms with Gasteiger partial charge in [0.1, 0.15) is 5.82 Å². The summed E-state index contributed by atoms with van der Waals surface area (Å²) in [7, 11) is 5.30. The van der Waals surface area contributed by atoms with Gasteiger partial charge in [-0.3, -0.25) is 4.79 Å². The van der Waals surface area contributed by atoms with Crippen LogP contribution in [0.1, 0.15) is 18.0 Å². The predicted octanol–water partition coefficient (Wildman–Crippen LogP) is 0.908. The van der Waals surface area contributed by atoms with Crippen molar-refractivity contribution in [1.82, 2.24) is 10.2 Å². The van der Waals surface area contributed by atoms with E-state index in [0.717, 1.165) is 5.56 Å². The first-order chi connectivity index (χ1) is 9.97. The number of nitrogens with one attached hydrogen (secondary N) is 1. The van der Waals surface area contributed by atoms with Crippen LogP contribution in [0.15, 0.2) is 24.3 Å². The molecule has 0 spiro atoms. The van der Waals surface area contributed by atoms with Crippen molar-refractivity contribution in [3.05, 3.63) is 35.6 Å². The minimum Gasteiger partial charge on any atom is -0.380 e. The van der Waals surface area contributed by atoms with Gasteiger partial charge in [0.2, 0.25) is 5.91 Å². The quantitative estimate of drug-likeness (QED) is 0.748. The molecule has 0 aliphatic carbocycles. The van der Waals surface area contributed by atoms with Crippen LogP contribution in [0.2, 0.25) is 0 Å². The van der Waals surface area contributed by atoms with E-state index in [1.807, 2.05) is 25.1 Å². The molecule has 0 bridgehead atoms. The van der Waals surface area contributed by atoms with E-state index in [9.17, 15) is 9.18 Å². The number of nitrogens with two attached hydrogens (primary N) is 1. The molecule has 0 aliphatic heterocycles. The van der Waals surface area contributed by atoms with Gasteiger partial charge in [-0.05, 0) is 31.8 Å². The highest BCUT2D eigenvalue weighted by molar-refractivity contribution is 5.76. The number of hydrogen-bond donors (Lipinski definition) is 2. The van der Waals surface area contributed by atoms with Crippen molar-refractivity contribution in [3.8, 4) is 0 Å². The number of likely N-dealkylation sites (N-methyl/N-ethyl adjacent to an activating group) is 1. The number of ether oxygens (including phenoxy) is 1. The van der Waals surface area contributed by atoms with Gasteiger partial charge >= 0.3 is 0 Å². The molecular weight excluding hydrogens is 273 g/mol. The van der Waals surface area contributed by atoms with E-state index < -0.39 is 0 Å². The Labute approximate surface area is 125 Å². The van der Waals surface area contributed by atoms with Gasteiger partial charge in [0, 0.05) is 20.2 Å². The molecule has 1 rings (SSSR count). The summed E-state index contributed by atoms with van der Waals surface area (Å²) in [6, 6.07) is 6.30. The molecule has 0 saturated carbocycles. The van der Waals surface area contributed by atoms with Gasteiger partial charge in [0.05, 0.1) is 18.6 Å². The number of carbonyl (C=O) groups is 1. The molecule has 2 unspecified atom stereocenters. The molecule has 0 fully saturated rings. The molecule has 2 atom stereocenters. The number of hydrogen-bond acceptors (Lipinski definition) is 4. The Morgan fingerprint density at radius 1 is 1.48 bits per heavy atom. The van der Waals surface area contributed by atoms with Crippen LogP contribution >= 0.6 is 0 Å². The van der Waals surface area contributed by atoms with E-state index in [1.165, 1.54) is 19.2 Å². The summed E-state index contributed by atoms with van der Waals surface area (Å²) in [5, 5.41) is 2.84. The normalized spacial score (nSPS) is 14.0. The monoisotopic (exact) mass is 297 g/mol. The van der Waals surface area contributed by atoms with Crippen molar-refractivity contribution >= 4 is 5.91 Å². The van der Waals surface area contributed by atoms with Crippen LogP contribution in [-0.4, -0.2) is 51.2 Å². The number of methoxy groups -OCH3 is 1. The van der Waals surface area contributed by atoms with E-state index in [1.54, 1.807) is 6.07 Å². The van der Waals surface area contributed by atoms with E-state index in [4.69, 9.17) is 10.5 Å². The molecule has 5 nitrogen and oxygen atoms in total. The van der Waals surface area contributed by atoms with Gasteiger partial charge in [0.25, 0.3) is 0 Å². The largest absolute Gasteiger partial charge is 0.380 e. The highest BCUT2D eigenvalue weighted by atomic mass is 19.1. The lowest BCUT2D eigenvalue weighted by Crippen LogP contribution is -2.37. The van der Waals surface area contributed by atoms with E-state index >= 15 is 0 Å². The van der Waals surface area contributed by atoms with Gasteiger partial charge in [0.15, 0.2) is 0 Å². The zero-order valence-electron chi connectivity index (χ0n) is 12.8. The summed E-state index contributed by atoms with van der Waals surface area (Å²) in [6.45, 7) is 0.696. The van der Waals surface area contributed by atoms with Crippen molar-refractivity contribution in [2.45, 2.75) is 18.6 Å². The first-order valence-electron chi connectivity index (χ1n) is 6.89. The molecule has 3 N–H and O–H groups in total. The Bertz CT molecular complexity index is 450. The summed E-state index contributed by atoms with van der Waals surface area (Å²) in [6.07, 6.45) is -0.0620. The maximum atomic E-state index is 13.3. The molecule has 0 radical (unpaired) electrons. The van der Waals surface area contributed by atoms with Gasteiger partial charge < -0.3 is 20.7 Å². The third-order valence-electron chi connectivity index (χ3n) is 3.36. The lowest BCUT2D eigenvalue weighted by atomic mass is 10.1. The molecule has 6 heteroatoms. The van der Waals surface area contributed by atoms with Gasteiger partial charge in [-0.1, -0.05) is 12.1 Å². The number of rotatable bonds is 8. The molecule has 0 aliphatic rings. The van der Waals surface area contributed by atoms with Crippen LogP contribution in [0.25, 0.3) is 0 Å². The molecule has 1 amide bonds. The van der Waals surface area contributed by atoms with Crippen molar-refractivity contribution in [1.29, 1.82) is 0 Å². The third-order valence-corrected chi connectivity index (χ3v) is 3.36. The number of benzene rings is 1. The standard InChI is InChI=1S/C15H24FN3O2/c1-19(2)14(11-5-4-6-12(16)7-11)10-18-15(20)8-13(9-17)21-3/h4-7,13-14H,8-10,17H2,1-3H3,(H,18,20). The number of amides is 1. The minimum atomic E-state index is -0.284. The van der Waals surface area contributed by atoms with Crippen molar-refractivity contribution in [2.75, 3.05) is 34.3 Å². The molecule has 1 aromatic rings. The third kappa shape index (κ3) is 5.79. The summed E-state index contributed by atoms with van der Waals surface area (Å²) >= 11 is 0. The van der Waals surface area contributed by atoms with Gasteiger partial charge in [-0.2, -0.15) is 0 Å². The zero-order chi connectivity index (χ0) is 15.8. The second-order valence-corrected chi connectivity index (χ2v) is 5.14. The smallest absolute Gasteiger partial charge is 0.222 e. The SMILES string of the molecule is COC(CN)CC(=O)NCC(c1cccc(F)c1)N(C)C. The summed E-state index contributed by atoms with van der Waals surface area (Å²) in [5.74, 6) is -0.413. The first kappa shape index (κ1) is 17.6. The number of halogens is 1. The fraction of sp³-hybridized carbons (Fsp3) is 0.533. The summed E-state index contributed by atoms with van der Waals surface area (Å²) < 4.78 is 18.4. The van der Waals surface area contributed by atoms with E-state index in [-0.39, 0.29) is 30.3 Å². The average Bonchev–Trinajstić information content (AvgIpc) is 2.44. The lowest BCUT2D eigenvalue weighted by Gasteiger charge is -2.25. The summed E-state index contributed by atoms with van der Waals surface area (Å²) in [4.78, 5) is 13.8. The second-order valence-electron chi connectivity index (χ2n) is 5.14. The minimum absolute atomic E-state index is 0.0940. The van der Waals surface area contributed by atoms with Crippen molar-refractivity contribution < 1.29 is 13.9 Å². The van der Waals surface area contributed by atoms with Crippen LogP contribution in [0.5, 0.6) is 0 Å². The highest BCUT2D eigenvalue weighted by Gasteiger charge is 2.17. The molecular formula is C15H24FN3O2. The molecule has 118 valence electrons. The molecule has 0 heterocycles.